The number of halogens is 4. The van der Waals surface area contributed by atoms with Crippen LogP contribution in [-0.2, 0) is 26.2 Å². The largest absolute Gasteiger partial charge is 0.352 e. The van der Waals surface area contributed by atoms with Crippen molar-refractivity contribution in [3.63, 3.8) is 0 Å². The topological polar surface area (TPSA) is 86.8 Å². The molecule has 2 atom stereocenters. The van der Waals surface area contributed by atoms with E-state index in [0.717, 1.165) is 10.6 Å². The molecule has 0 unspecified atom stereocenters. The molecule has 0 aliphatic rings. The standard InChI is InChI=1S/C24H29Cl4N3O4S/c1-5-15(3)29-24(33)20(6-2)30(13-16-17(25)9-7-10-18(16)26)22(32)14-31(36(4,34)35)21-12-8-11-19(27)23(21)28/h7-12,15,20H,5-6,13-14H2,1-4H3,(H,29,33)/t15-,20-/m1/s1. The second kappa shape index (κ2) is 13.2. The van der Waals surface area contributed by atoms with Crippen LogP contribution in [-0.4, -0.2) is 50.0 Å². The number of hydrogen-bond donors (Lipinski definition) is 1. The Bertz CT molecular complexity index is 1190. The van der Waals surface area contributed by atoms with E-state index in [9.17, 15) is 18.0 Å². The van der Waals surface area contributed by atoms with E-state index >= 15 is 0 Å². The number of amides is 2. The molecule has 0 aliphatic carbocycles. The molecule has 1 N–H and O–H groups in total. The van der Waals surface area contributed by atoms with Crippen LogP contribution in [0.3, 0.4) is 0 Å². The van der Waals surface area contributed by atoms with Crippen LogP contribution in [0.1, 0.15) is 39.2 Å². The third-order valence-electron chi connectivity index (χ3n) is 5.66. The van der Waals surface area contributed by atoms with E-state index in [1.807, 2.05) is 13.8 Å². The third kappa shape index (κ3) is 7.65. The number of carbonyl (C=O) groups is 2. The summed E-state index contributed by atoms with van der Waals surface area (Å²) in [5.74, 6) is -1.01. The Kier molecular flexibility index (Phi) is 11.2. The van der Waals surface area contributed by atoms with E-state index in [1.165, 1.54) is 23.1 Å². The van der Waals surface area contributed by atoms with Crippen LogP contribution in [0.4, 0.5) is 5.69 Å². The van der Waals surface area contributed by atoms with Gasteiger partial charge >= 0.3 is 0 Å². The average molecular weight is 597 g/mol. The van der Waals surface area contributed by atoms with Gasteiger partial charge in [0.2, 0.25) is 21.8 Å². The van der Waals surface area contributed by atoms with Crippen LogP contribution in [0.15, 0.2) is 36.4 Å². The number of rotatable bonds is 11. The number of nitrogens with zero attached hydrogens (tertiary/aromatic N) is 2. The van der Waals surface area contributed by atoms with Crippen molar-refractivity contribution in [3.8, 4) is 0 Å². The van der Waals surface area contributed by atoms with Crippen LogP contribution in [0.2, 0.25) is 20.1 Å². The van der Waals surface area contributed by atoms with Crippen LogP contribution >= 0.6 is 46.4 Å². The molecule has 0 saturated carbocycles. The first-order valence-corrected chi connectivity index (χ1v) is 14.6. The first-order valence-electron chi connectivity index (χ1n) is 11.3. The zero-order valence-corrected chi connectivity index (χ0v) is 24.2. The summed E-state index contributed by atoms with van der Waals surface area (Å²) in [6.45, 7) is 4.82. The Morgan fingerprint density at radius 2 is 1.50 bits per heavy atom. The van der Waals surface area contributed by atoms with Crippen molar-refractivity contribution >= 4 is 73.9 Å². The molecule has 2 aromatic rings. The molecular formula is C24H29Cl4N3O4S. The summed E-state index contributed by atoms with van der Waals surface area (Å²) in [6.07, 6.45) is 1.92. The van der Waals surface area contributed by atoms with Crippen LogP contribution in [0, 0.1) is 0 Å². The van der Waals surface area contributed by atoms with Crippen molar-refractivity contribution in [2.75, 3.05) is 17.1 Å². The Morgan fingerprint density at radius 3 is 2.03 bits per heavy atom. The number of nitrogens with one attached hydrogen (secondary N) is 1. The molecule has 36 heavy (non-hydrogen) atoms. The fourth-order valence-corrected chi connectivity index (χ4v) is 5.31. The lowest BCUT2D eigenvalue weighted by atomic mass is 10.1. The first kappa shape index (κ1) is 30.5. The molecule has 0 bridgehead atoms. The summed E-state index contributed by atoms with van der Waals surface area (Å²) in [4.78, 5) is 28.2. The lowest BCUT2D eigenvalue weighted by Crippen LogP contribution is -2.53. The summed E-state index contributed by atoms with van der Waals surface area (Å²) in [6, 6.07) is 8.38. The Morgan fingerprint density at radius 1 is 0.944 bits per heavy atom. The quantitative estimate of drug-likeness (QED) is 0.356. The van der Waals surface area contributed by atoms with E-state index in [-0.39, 0.29) is 40.6 Å². The predicted molar refractivity (Wildman–Crippen MR) is 148 cm³/mol. The van der Waals surface area contributed by atoms with E-state index < -0.39 is 28.5 Å². The van der Waals surface area contributed by atoms with Gasteiger partial charge in [-0.15, -0.1) is 0 Å². The van der Waals surface area contributed by atoms with Crippen molar-refractivity contribution in [3.05, 3.63) is 62.1 Å². The Labute approximate surface area is 232 Å². The van der Waals surface area contributed by atoms with E-state index in [4.69, 9.17) is 46.4 Å². The molecule has 2 rings (SSSR count). The minimum absolute atomic E-state index is 0.0142. The fraction of sp³-hybridized carbons (Fsp3) is 0.417. The molecule has 2 aromatic carbocycles. The number of anilines is 1. The Balaban J connectivity index is 2.55. The second-order valence-electron chi connectivity index (χ2n) is 8.31. The molecule has 0 fully saturated rings. The lowest BCUT2D eigenvalue weighted by Gasteiger charge is -2.34. The molecule has 0 saturated heterocycles. The lowest BCUT2D eigenvalue weighted by molar-refractivity contribution is -0.140. The maximum atomic E-state index is 13.7. The zero-order valence-electron chi connectivity index (χ0n) is 20.4. The molecule has 0 spiro atoms. The molecule has 0 heterocycles. The van der Waals surface area contributed by atoms with Gasteiger partial charge in [-0.3, -0.25) is 13.9 Å². The molecule has 7 nitrogen and oxygen atoms in total. The normalized spacial score (nSPS) is 13.1. The molecule has 198 valence electrons. The number of hydrogen-bond acceptors (Lipinski definition) is 4. The molecule has 0 aliphatic heterocycles. The highest BCUT2D eigenvalue weighted by atomic mass is 35.5. The predicted octanol–water partition coefficient (Wildman–Crippen LogP) is 5.79. The van der Waals surface area contributed by atoms with Gasteiger partial charge in [-0.1, -0.05) is 72.4 Å². The molecule has 2 amide bonds. The monoisotopic (exact) mass is 595 g/mol. The number of benzene rings is 2. The average Bonchev–Trinajstić information content (AvgIpc) is 2.80. The molecule has 0 radical (unpaired) electrons. The van der Waals surface area contributed by atoms with Gasteiger partial charge in [0.25, 0.3) is 0 Å². The molecular weight excluding hydrogens is 568 g/mol. The summed E-state index contributed by atoms with van der Waals surface area (Å²) in [7, 11) is -3.96. The minimum Gasteiger partial charge on any atom is -0.352 e. The highest BCUT2D eigenvalue weighted by Gasteiger charge is 2.33. The van der Waals surface area contributed by atoms with Gasteiger partial charge in [-0.2, -0.15) is 0 Å². The van der Waals surface area contributed by atoms with E-state index in [0.29, 0.717) is 22.0 Å². The fourth-order valence-electron chi connectivity index (χ4n) is 3.49. The van der Waals surface area contributed by atoms with Gasteiger partial charge in [0.05, 0.1) is 22.0 Å². The summed E-state index contributed by atoms with van der Waals surface area (Å²) in [5, 5.41) is 3.64. The Hall–Kier alpha value is -1.71. The van der Waals surface area contributed by atoms with Gasteiger partial charge in [0.1, 0.15) is 12.6 Å². The van der Waals surface area contributed by atoms with Gasteiger partial charge in [0.15, 0.2) is 0 Å². The SMILES string of the molecule is CC[C@@H](C)NC(=O)[C@@H](CC)N(Cc1c(Cl)cccc1Cl)C(=O)CN(c1cccc(Cl)c1Cl)S(C)(=O)=O. The van der Waals surface area contributed by atoms with Crippen molar-refractivity contribution < 1.29 is 18.0 Å². The van der Waals surface area contributed by atoms with Gasteiger partial charge < -0.3 is 10.2 Å². The second-order valence-corrected chi connectivity index (χ2v) is 11.8. The highest BCUT2D eigenvalue weighted by molar-refractivity contribution is 7.92. The van der Waals surface area contributed by atoms with Crippen LogP contribution in [0.25, 0.3) is 0 Å². The van der Waals surface area contributed by atoms with Crippen LogP contribution in [0.5, 0.6) is 0 Å². The van der Waals surface area contributed by atoms with E-state index in [2.05, 4.69) is 5.32 Å². The third-order valence-corrected chi connectivity index (χ3v) is 8.30. The van der Waals surface area contributed by atoms with Gasteiger partial charge in [-0.25, -0.2) is 8.42 Å². The van der Waals surface area contributed by atoms with Gasteiger partial charge in [-0.05, 0) is 44.0 Å². The van der Waals surface area contributed by atoms with Crippen molar-refractivity contribution in [1.29, 1.82) is 0 Å². The summed E-state index contributed by atoms with van der Waals surface area (Å²) in [5.41, 5.74) is 0.489. The number of carbonyl (C=O) groups excluding carboxylic acids is 2. The number of sulfonamides is 1. The first-order chi connectivity index (χ1) is 16.8. The van der Waals surface area contributed by atoms with Crippen molar-refractivity contribution in [2.24, 2.45) is 0 Å². The van der Waals surface area contributed by atoms with Gasteiger partial charge in [0, 0.05) is 28.2 Å². The summed E-state index contributed by atoms with van der Waals surface area (Å²) < 4.78 is 26.3. The zero-order chi connectivity index (χ0) is 27.2. The molecule has 0 aromatic heterocycles. The van der Waals surface area contributed by atoms with Crippen molar-refractivity contribution in [2.45, 2.75) is 52.2 Å². The smallest absolute Gasteiger partial charge is 0.244 e. The highest BCUT2D eigenvalue weighted by Crippen LogP contribution is 2.34. The molecule has 12 heteroatoms. The van der Waals surface area contributed by atoms with Crippen LogP contribution < -0.4 is 9.62 Å². The maximum Gasteiger partial charge on any atom is 0.244 e. The maximum absolute atomic E-state index is 13.7. The summed E-state index contributed by atoms with van der Waals surface area (Å²) >= 11 is 25.1. The van der Waals surface area contributed by atoms with E-state index in [1.54, 1.807) is 25.1 Å². The minimum atomic E-state index is -3.96. The van der Waals surface area contributed by atoms with Crippen molar-refractivity contribution in [1.82, 2.24) is 10.2 Å².